The first kappa shape index (κ1) is 22.8. The summed E-state index contributed by atoms with van der Waals surface area (Å²) in [6, 6.07) is 11.6. The number of H-pyrrole nitrogens is 1. The van der Waals surface area contributed by atoms with E-state index in [1.807, 2.05) is 43.3 Å². The third kappa shape index (κ3) is 5.51. The summed E-state index contributed by atoms with van der Waals surface area (Å²) in [5.74, 6) is 3.15. The lowest BCUT2D eigenvalue weighted by molar-refractivity contribution is 0.341. The molecule has 4 rings (SSSR count). The van der Waals surface area contributed by atoms with Crippen molar-refractivity contribution in [1.82, 2.24) is 25.3 Å². The average Bonchev–Trinajstić information content (AvgIpc) is 3.45. The summed E-state index contributed by atoms with van der Waals surface area (Å²) in [4.78, 5) is 8.87. The van der Waals surface area contributed by atoms with Gasteiger partial charge in [-0.2, -0.15) is 10.1 Å². The van der Waals surface area contributed by atoms with Crippen LogP contribution in [0.4, 0.5) is 17.6 Å². The number of halogens is 1. The minimum Gasteiger partial charge on any atom is -0.493 e. The highest BCUT2D eigenvalue weighted by atomic mass is 79.9. The third-order valence-corrected chi connectivity index (χ3v) is 5.40. The van der Waals surface area contributed by atoms with Gasteiger partial charge in [0.05, 0.1) is 17.6 Å². The Balaban J connectivity index is 1.44. The summed E-state index contributed by atoms with van der Waals surface area (Å²) in [6.45, 7) is 9.27. The molecule has 172 valence electrons. The largest absolute Gasteiger partial charge is 0.493 e. The first-order valence-corrected chi connectivity index (χ1v) is 11.4. The minimum atomic E-state index is -0.0261. The second kappa shape index (κ2) is 9.62. The molecule has 0 aliphatic carbocycles. The molecule has 0 amide bonds. The number of aromatic amines is 1. The monoisotopic (exact) mass is 511 g/mol. The van der Waals surface area contributed by atoms with Crippen molar-refractivity contribution >= 4 is 33.5 Å². The highest BCUT2D eigenvalue weighted by Gasteiger charge is 2.17. The van der Waals surface area contributed by atoms with E-state index >= 15 is 0 Å². The highest BCUT2D eigenvalue weighted by molar-refractivity contribution is 9.10. The van der Waals surface area contributed by atoms with Gasteiger partial charge in [-0.05, 0) is 35.0 Å². The molecule has 0 atom stereocenters. The minimum absolute atomic E-state index is 0.0261. The molecule has 3 aromatic heterocycles. The Labute approximate surface area is 200 Å². The number of para-hydroxylation sites is 1. The van der Waals surface area contributed by atoms with Crippen LogP contribution >= 0.6 is 15.9 Å². The fourth-order valence-electron chi connectivity index (χ4n) is 3.08. The molecular formula is C23H26BrN7O2. The summed E-state index contributed by atoms with van der Waals surface area (Å²) in [5.41, 5.74) is 2.60. The summed E-state index contributed by atoms with van der Waals surface area (Å²) in [6.07, 6.45) is 1.68. The molecule has 4 aromatic rings. The molecular weight excluding hydrogens is 486 g/mol. The maximum Gasteiger partial charge on any atom is 0.225 e. The van der Waals surface area contributed by atoms with E-state index in [4.69, 9.17) is 9.26 Å². The van der Waals surface area contributed by atoms with E-state index in [0.29, 0.717) is 42.2 Å². The number of anilines is 3. The predicted molar refractivity (Wildman–Crippen MR) is 131 cm³/mol. The molecule has 0 saturated heterocycles. The lowest BCUT2D eigenvalue weighted by atomic mass is 9.92. The van der Waals surface area contributed by atoms with Crippen molar-refractivity contribution < 1.29 is 9.26 Å². The number of benzene rings is 1. The van der Waals surface area contributed by atoms with Gasteiger partial charge in [-0.25, -0.2) is 4.98 Å². The lowest BCUT2D eigenvalue weighted by Crippen LogP contribution is -2.11. The van der Waals surface area contributed by atoms with E-state index in [1.165, 1.54) is 0 Å². The molecule has 0 radical (unpaired) electrons. The second-order valence-corrected chi connectivity index (χ2v) is 9.25. The molecule has 33 heavy (non-hydrogen) atoms. The van der Waals surface area contributed by atoms with E-state index in [9.17, 15) is 0 Å². The molecule has 0 bridgehead atoms. The molecule has 0 aliphatic heterocycles. The van der Waals surface area contributed by atoms with E-state index in [-0.39, 0.29) is 5.41 Å². The van der Waals surface area contributed by atoms with Gasteiger partial charge < -0.3 is 19.9 Å². The first-order chi connectivity index (χ1) is 15.8. The van der Waals surface area contributed by atoms with Crippen molar-refractivity contribution in [2.45, 2.75) is 39.7 Å². The molecule has 10 heteroatoms. The Morgan fingerprint density at radius 1 is 1.18 bits per heavy atom. The van der Waals surface area contributed by atoms with Crippen LogP contribution in [0.1, 0.15) is 39.1 Å². The average molecular weight is 512 g/mol. The van der Waals surface area contributed by atoms with Gasteiger partial charge in [0, 0.05) is 35.0 Å². The Morgan fingerprint density at radius 3 is 2.76 bits per heavy atom. The lowest BCUT2D eigenvalue weighted by Gasteiger charge is -2.14. The maximum atomic E-state index is 5.69. The van der Waals surface area contributed by atoms with Gasteiger partial charge in [-0.15, -0.1) is 0 Å². The fourth-order valence-corrected chi connectivity index (χ4v) is 3.37. The number of nitrogens with one attached hydrogen (secondary N) is 3. The van der Waals surface area contributed by atoms with Crippen molar-refractivity contribution in [1.29, 1.82) is 0 Å². The van der Waals surface area contributed by atoms with Gasteiger partial charge in [0.25, 0.3) is 0 Å². The van der Waals surface area contributed by atoms with E-state index in [0.717, 1.165) is 21.5 Å². The van der Waals surface area contributed by atoms with E-state index in [1.54, 1.807) is 6.20 Å². The van der Waals surface area contributed by atoms with E-state index < -0.39 is 0 Å². The summed E-state index contributed by atoms with van der Waals surface area (Å²) in [7, 11) is 0. The second-order valence-electron chi connectivity index (χ2n) is 8.39. The molecule has 0 unspecified atom stereocenters. The maximum absolute atomic E-state index is 5.69. The Kier molecular flexibility index (Phi) is 6.64. The molecule has 0 aliphatic rings. The number of aromatic nitrogens is 5. The number of rotatable bonds is 8. The molecule has 0 saturated carbocycles. The molecule has 3 N–H and O–H groups in total. The topological polar surface area (TPSA) is 114 Å². The van der Waals surface area contributed by atoms with Gasteiger partial charge in [0.2, 0.25) is 5.95 Å². The smallest absolute Gasteiger partial charge is 0.225 e. The van der Waals surface area contributed by atoms with Gasteiger partial charge in [0.1, 0.15) is 11.4 Å². The SMILES string of the molecule is CCOc1ccccc1-c1cc(CNc2ncc(Br)c(Nc3cc(C(C)(C)C)[nH]n3)n2)on1. The van der Waals surface area contributed by atoms with Crippen LogP contribution in [0, 0.1) is 0 Å². The van der Waals surface area contributed by atoms with Crippen LogP contribution in [0.3, 0.4) is 0 Å². The zero-order chi connectivity index (χ0) is 23.4. The Hall–Kier alpha value is -3.40. The fraction of sp³-hybridized carbons (Fsp3) is 0.304. The van der Waals surface area contributed by atoms with Crippen LogP contribution in [0.15, 0.2) is 51.6 Å². The van der Waals surface area contributed by atoms with Crippen molar-refractivity contribution in [3.8, 4) is 17.0 Å². The summed E-state index contributed by atoms with van der Waals surface area (Å²) < 4.78 is 11.9. The zero-order valence-corrected chi connectivity index (χ0v) is 20.5. The Bertz CT molecular complexity index is 1230. The van der Waals surface area contributed by atoms with Crippen LogP contribution in [0.25, 0.3) is 11.3 Å². The summed E-state index contributed by atoms with van der Waals surface area (Å²) in [5, 5.41) is 18.0. The number of hydrogen-bond donors (Lipinski definition) is 3. The molecule has 3 heterocycles. The first-order valence-electron chi connectivity index (χ1n) is 10.6. The van der Waals surface area contributed by atoms with E-state index in [2.05, 4.69) is 72.7 Å². The van der Waals surface area contributed by atoms with Crippen molar-refractivity contribution in [2.75, 3.05) is 17.2 Å². The molecule has 0 fully saturated rings. The molecule has 1 aromatic carbocycles. The van der Waals surface area contributed by atoms with Crippen LogP contribution in [0.2, 0.25) is 0 Å². The van der Waals surface area contributed by atoms with Gasteiger partial charge in [-0.3, -0.25) is 5.10 Å². The number of hydrogen-bond acceptors (Lipinski definition) is 8. The van der Waals surface area contributed by atoms with Crippen LogP contribution in [0.5, 0.6) is 5.75 Å². The standard InChI is InChI=1S/C23H26BrN7O2/c1-5-32-18-9-7-6-8-15(18)17-10-14(33-31-17)12-25-22-26-13-16(24)21(28-22)27-20-11-19(29-30-20)23(2,3)4/h6-11,13H,5,12H2,1-4H3,(H3,25,26,27,28,29,30). The predicted octanol–water partition coefficient (Wildman–Crippen LogP) is 5.67. The molecule has 9 nitrogen and oxygen atoms in total. The quantitative estimate of drug-likeness (QED) is 0.277. The summed E-state index contributed by atoms with van der Waals surface area (Å²) >= 11 is 3.49. The van der Waals surface area contributed by atoms with Crippen LogP contribution in [-0.2, 0) is 12.0 Å². The normalized spacial score (nSPS) is 11.4. The van der Waals surface area contributed by atoms with Gasteiger partial charge in [-0.1, -0.05) is 38.1 Å². The third-order valence-electron chi connectivity index (χ3n) is 4.82. The zero-order valence-electron chi connectivity index (χ0n) is 18.9. The van der Waals surface area contributed by atoms with Crippen LogP contribution < -0.4 is 15.4 Å². The highest BCUT2D eigenvalue weighted by Crippen LogP contribution is 2.30. The van der Waals surface area contributed by atoms with Gasteiger partial charge >= 0.3 is 0 Å². The van der Waals surface area contributed by atoms with Crippen LogP contribution in [-0.4, -0.2) is 31.9 Å². The number of nitrogens with zero attached hydrogens (tertiary/aromatic N) is 4. The molecule has 0 spiro atoms. The van der Waals surface area contributed by atoms with Crippen molar-refractivity contribution in [3.63, 3.8) is 0 Å². The van der Waals surface area contributed by atoms with Crippen molar-refractivity contribution in [3.05, 3.63) is 58.5 Å². The van der Waals surface area contributed by atoms with Gasteiger partial charge in [0.15, 0.2) is 17.4 Å². The Morgan fingerprint density at radius 2 is 2.00 bits per heavy atom. The van der Waals surface area contributed by atoms with Crippen molar-refractivity contribution in [2.24, 2.45) is 0 Å². The number of ether oxygens (including phenoxy) is 1.